The summed E-state index contributed by atoms with van der Waals surface area (Å²) in [7, 11) is 0. The van der Waals surface area contributed by atoms with Crippen molar-refractivity contribution in [3.8, 4) is 5.75 Å². The fraction of sp³-hybridized carbons (Fsp3) is 0.300. The second-order valence-electron chi connectivity index (χ2n) is 10.4. The number of aryl methyl sites for hydroxylation is 1. The molecule has 2 atom stereocenters. The van der Waals surface area contributed by atoms with Crippen molar-refractivity contribution in [2.75, 3.05) is 11.9 Å². The average molecular weight is 453 g/mol. The van der Waals surface area contributed by atoms with Gasteiger partial charge in [0.1, 0.15) is 5.75 Å². The number of anilines is 1. The SMILES string of the molecule is CC(=O)Nc1ccc(C2c3ccc(C)cc3OCC2c2cn(C(C)(C)C)c3ccccc23)cc1. The van der Waals surface area contributed by atoms with Gasteiger partial charge < -0.3 is 14.6 Å². The van der Waals surface area contributed by atoms with E-state index < -0.39 is 0 Å². The topological polar surface area (TPSA) is 43.3 Å². The van der Waals surface area contributed by atoms with Gasteiger partial charge in [-0.15, -0.1) is 0 Å². The molecular formula is C30H32N2O2. The minimum atomic E-state index is -0.0625. The number of carbonyl (C=O) groups is 1. The Morgan fingerprint density at radius 3 is 2.44 bits per heavy atom. The zero-order valence-corrected chi connectivity index (χ0v) is 20.6. The number of ether oxygens (including phenoxy) is 1. The number of amides is 1. The number of aromatic nitrogens is 1. The van der Waals surface area contributed by atoms with Gasteiger partial charge >= 0.3 is 0 Å². The smallest absolute Gasteiger partial charge is 0.221 e. The van der Waals surface area contributed by atoms with Crippen LogP contribution in [0.2, 0.25) is 0 Å². The Labute approximate surface area is 201 Å². The first-order valence-corrected chi connectivity index (χ1v) is 11.9. The summed E-state index contributed by atoms with van der Waals surface area (Å²) in [6.07, 6.45) is 2.33. The highest BCUT2D eigenvalue weighted by Gasteiger charge is 2.35. The van der Waals surface area contributed by atoms with Crippen molar-refractivity contribution in [2.45, 2.75) is 52.0 Å². The van der Waals surface area contributed by atoms with E-state index in [1.807, 2.05) is 12.1 Å². The Kier molecular flexibility index (Phi) is 5.47. The van der Waals surface area contributed by atoms with E-state index in [2.05, 4.69) is 98.4 Å². The normalized spacial score (nSPS) is 17.8. The van der Waals surface area contributed by atoms with Crippen LogP contribution in [0.15, 0.2) is 72.9 Å². The Morgan fingerprint density at radius 2 is 1.74 bits per heavy atom. The molecule has 2 unspecified atom stereocenters. The molecule has 0 radical (unpaired) electrons. The van der Waals surface area contributed by atoms with E-state index in [0.717, 1.165) is 11.4 Å². The minimum absolute atomic E-state index is 0.0299. The summed E-state index contributed by atoms with van der Waals surface area (Å²) in [5.74, 6) is 1.21. The molecule has 0 spiro atoms. The lowest BCUT2D eigenvalue weighted by molar-refractivity contribution is -0.114. The molecule has 34 heavy (non-hydrogen) atoms. The van der Waals surface area contributed by atoms with Crippen molar-refractivity contribution in [1.29, 1.82) is 0 Å². The van der Waals surface area contributed by atoms with Crippen molar-refractivity contribution >= 4 is 22.5 Å². The van der Waals surface area contributed by atoms with Crippen molar-refractivity contribution in [3.05, 3.63) is 95.2 Å². The molecule has 0 saturated carbocycles. The van der Waals surface area contributed by atoms with Gasteiger partial charge in [-0.2, -0.15) is 0 Å². The Bertz CT molecular complexity index is 1360. The molecule has 5 rings (SSSR count). The Balaban J connectivity index is 1.68. The highest BCUT2D eigenvalue weighted by Crippen LogP contribution is 2.48. The van der Waals surface area contributed by atoms with E-state index in [-0.39, 0.29) is 23.3 Å². The standard InChI is InChI=1S/C30H32N2O2/c1-19-10-15-24-28(16-19)34-18-26(29(24)21-11-13-22(14-12-21)31-20(2)33)25-17-32(30(3,4)5)27-9-7-6-8-23(25)27/h6-17,26,29H,18H2,1-5H3,(H,31,33). The fourth-order valence-corrected chi connectivity index (χ4v) is 5.23. The summed E-state index contributed by atoms with van der Waals surface area (Å²) >= 11 is 0. The highest BCUT2D eigenvalue weighted by atomic mass is 16.5. The van der Waals surface area contributed by atoms with Gasteiger partial charge in [-0.25, -0.2) is 0 Å². The quantitative estimate of drug-likeness (QED) is 0.365. The second-order valence-corrected chi connectivity index (χ2v) is 10.4. The second kappa shape index (κ2) is 8.35. The van der Waals surface area contributed by atoms with Gasteiger partial charge in [0.15, 0.2) is 0 Å². The maximum Gasteiger partial charge on any atom is 0.221 e. The predicted molar refractivity (Wildman–Crippen MR) is 139 cm³/mol. The summed E-state index contributed by atoms with van der Waals surface area (Å²) < 4.78 is 8.77. The van der Waals surface area contributed by atoms with E-state index in [1.165, 1.54) is 40.1 Å². The number of nitrogens with zero attached hydrogens (tertiary/aromatic N) is 1. The molecule has 1 aromatic heterocycles. The van der Waals surface area contributed by atoms with E-state index in [4.69, 9.17) is 4.74 Å². The first kappa shape index (κ1) is 22.3. The van der Waals surface area contributed by atoms with Crippen molar-refractivity contribution < 1.29 is 9.53 Å². The maximum atomic E-state index is 11.5. The summed E-state index contributed by atoms with van der Waals surface area (Å²) in [5.41, 5.74) is 6.97. The molecule has 4 aromatic rings. The lowest BCUT2D eigenvalue weighted by atomic mass is 9.75. The first-order valence-electron chi connectivity index (χ1n) is 11.9. The molecule has 174 valence electrons. The summed E-state index contributed by atoms with van der Waals surface area (Å²) in [6, 6.07) is 23.5. The van der Waals surface area contributed by atoms with Crippen molar-refractivity contribution in [3.63, 3.8) is 0 Å². The van der Waals surface area contributed by atoms with Crippen LogP contribution in [0.25, 0.3) is 10.9 Å². The van der Waals surface area contributed by atoms with Crippen LogP contribution in [0.4, 0.5) is 5.69 Å². The van der Waals surface area contributed by atoms with Gasteiger partial charge in [-0.05, 0) is 68.7 Å². The third-order valence-corrected chi connectivity index (χ3v) is 6.78. The van der Waals surface area contributed by atoms with Crippen LogP contribution >= 0.6 is 0 Å². The van der Waals surface area contributed by atoms with Crippen LogP contribution in [0.5, 0.6) is 5.75 Å². The fourth-order valence-electron chi connectivity index (χ4n) is 5.23. The van der Waals surface area contributed by atoms with Crippen LogP contribution < -0.4 is 10.1 Å². The van der Waals surface area contributed by atoms with Crippen LogP contribution in [-0.4, -0.2) is 17.1 Å². The summed E-state index contributed by atoms with van der Waals surface area (Å²) in [6.45, 7) is 11.0. The first-order chi connectivity index (χ1) is 16.2. The summed E-state index contributed by atoms with van der Waals surface area (Å²) in [4.78, 5) is 11.5. The third-order valence-electron chi connectivity index (χ3n) is 6.78. The molecule has 1 aliphatic rings. The van der Waals surface area contributed by atoms with E-state index >= 15 is 0 Å². The maximum absolute atomic E-state index is 11.5. The number of rotatable bonds is 3. The molecule has 3 aromatic carbocycles. The number of fused-ring (bicyclic) bond motifs is 2. The number of para-hydroxylation sites is 1. The zero-order chi connectivity index (χ0) is 24.0. The monoisotopic (exact) mass is 452 g/mol. The Hall–Kier alpha value is -3.53. The molecule has 0 fully saturated rings. The van der Waals surface area contributed by atoms with Crippen LogP contribution in [0.3, 0.4) is 0 Å². The molecular weight excluding hydrogens is 420 g/mol. The molecule has 1 amide bonds. The molecule has 2 heterocycles. The number of nitrogens with one attached hydrogen (secondary N) is 1. The van der Waals surface area contributed by atoms with Crippen LogP contribution in [-0.2, 0) is 10.3 Å². The van der Waals surface area contributed by atoms with E-state index in [0.29, 0.717) is 6.61 Å². The van der Waals surface area contributed by atoms with Crippen LogP contribution in [0.1, 0.15) is 61.8 Å². The Morgan fingerprint density at radius 1 is 1.00 bits per heavy atom. The third kappa shape index (κ3) is 3.98. The van der Waals surface area contributed by atoms with Crippen molar-refractivity contribution in [2.24, 2.45) is 0 Å². The number of hydrogen-bond donors (Lipinski definition) is 1. The van der Waals surface area contributed by atoms with Crippen LogP contribution in [0, 0.1) is 6.92 Å². The van der Waals surface area contributed by atoms with Crippen molar-refractivity contribution in [1.82, 2.24) is 4.57 Å². The van der Waals surface area contributed by atoms with Gasteiger partial charge in [0, 0.05) is 52.6 Å². The molecule has 4 heteroatoms. The lowest BCUT2D eigenvalue weighted by Crippen LogP contribution is -2.26. The van der Waals surface area contributed by atoms with E-state index in [9.17, 15) is 4.79 Å². The van der Waals surface area contributed by atoms with Gasteiger partial charge in [-0.1, -0.05) is 42.5 Å². The predicted octanol–water partition coefficient (Wildman–Crippen LogP) is 6.97. The zero-order valence-electron chi connectivity index (χ0n) is 20.6. The molecule has 0 saturated heterocycles. The molecule has 4 nitrogen and oxygen atoms in total. The number of benzene rings is 3. The van der Waals surface area contributed by atoms with Gasteiger partial charge in [0.05, 0.1) is 6.61 Å². The lowest BCUT2D eigenvalue weighted by Gasteiger charge is -2.34. The van der Waals surface area contributed by atoms with Gasteiger partial charge in [0.2, 0.25) is 5.91 Å². The molecule has 0 aliphatic carbocycles. The number of hydrogen-bond acceptors (Lipinski definition) is 2. The molecule has 0 bridgehead atoms. The number of carbonyl (C=O) groups excluding carboxylic acids is 1. The molecule has 1 aliphatic heterocycles. The molecule has 1 N–H and O–H groups in total. The van der Waals surface area contributed by atoms with E-state index in [1.54, 1.807) is 0 Å². The average Bonchev–Trinajstić information content (AvgIpc) is 3.19. The summed E-state index contributed by atoms with van der Waals surface area (Å²) in [5, 5.41) is 4.16. The highest BCUT2D eigenvalue weighted by molar-refractivity contribution is 5.88. The largest absolute Gasteiger partial charge is 0.493 e. The van der Waals surface area contributed by atoms with Gasteiger partial charge in [0.25, 0.3) is 0 Å². The van der Waals surface area contributed by atoms with Gasteiger partial charge in [-0.3, -0.25) is 4.79 Å². The minimum Gasteiger partial charge on any atom is -0.493 e.